The monoisotopic (exact) mass is 468 g/mol. The van der Waals surface area contributed by atoms with Gasteiger partial charge >= 0.3 is 0 Å². The van der Waals surface area contributed by atoms with Crippen LogP contribution in [0.2, 0.25) is 0 Å². The molecule has 4 aromatic rings. The molecule has 0 bridgehead atoms. The molecular formula is C25H20BrF2P. The van der Waals surface area contributed by atoms with Gasteiger partial charge in [-0.1, -0.05) is 54.6 Å². The molecule has 4 rings (SSSR count). The largest absolute Gasteiger partial charge is 1.00 e. The van der Waals surface area contributed by atoms with E-state index in [0.29, 0.717) is 11.7 Å². The smallest absolute Gasteiger partial charge is 0.130 e. The maximum Gasteiger partial charge on any atom is 0.130 e. The quantitative estimate of drug-likeness (QED) is 0.394. The van der Waals surface area contributed by atoms with Crippen LogP contribution in [0.4, 0.5) is 8.78 Å². The van der Waals surface area contributed by atoms with Gasteiger partial charge in [0.05, 0.1) is 0 Å². The van der Waals surface area contributed by atoms with E-state index >= 15 is 0 Å². The number of halogens is 3. The summed E-state index contributed by atoms with van der Waals surface area (Å²) in [6.07, 6.45) is 0.425. The van der Waals surface area contributed by atoms with Crippen LogP contribution in [-0.2, 0) is 6.16 Å². The molecule has 0 saturated heterocycles. The van der Waals surface area contributed by atoms with Gasteiger partial charge in [0.25, 0.3) is 0 Å². The summed E-state index contributed by atoms with van der Waals surface area (Å²) in [6.45, 7) is 0. The number of rotatable bonds is 5. The minimum atomic E-state index is -2.23. The number of benzene rings is 4. The minimum absolute atomic E-state index is 0. The first-order valence-corrected chi connectivity index (χ1v) is 11.2. The minimum Gasteiger partial charge on any atom is -1.00 e. The SMILES string of the molecule is Fc1ccc(F)c(C[P+](c2ccccc2)(c2ccccc2)c2ccccc2)c1.[Br-]. The fraction of sp³-hybridized carbons (Fsp3) is 0.0400. The Bertz CT molecular complexity index is 957. The lowest BCUT2D eigenvalue weighted by Gasteiger charge is -2.28. The van der Waals surface area contributed by atoms with Gasteiger partial charge in [-0.2, -0.15) is 0 Å². The standard InChI is InChI=1S/C25H20F2P.BrH/c26-21-16-17-25(27)20(18-21)19-28(22-10-4-1-5-11-22,23-12-6-2-7-13-23)24-14-8-3-9-15-24;/h1-18H,19H2;1H/q+1;/p-1. The molecule has 4 aromatic carbocycles. The van der Waals surface area contributed by atoms with Crippen LogP contribution in [0, 0.1) is 11.6 Å². The molecule has 0 N–H and O–H groups in total. The summed E-state index contributed by atoms with van der Waals surface area (Å²) in [5, 5.41) is 3.45. The van der Waals surface area contributed by atoms with Gasteiger partial charge in [-0.15, -0.1) is 0 Å². The second kappa shape index (κ2) is 9.43. The van der Waals surface area contributed by atoms with Crippen LogP contribution in [0.5, 0.6) is 0 Å². The van der Waals surface area contributed by atoms with E-state index in [1.807, 2.05) is 54.6 Å². The first-order chi connectivity index (χ1) is 13.7. The molecular weight excluding hydrogens is 449 g/mol. The fourth-order valence-corrected chi connectivity index (χ4v) is 7.93. The van der Waals surface area contributed by atoms with Gasteiger partial charge in [0.2, 0.25) is 0 Å². The maximum absolute atomic E-state index is 14.7. The van der Waals surface area contributed by atoms with Crippen LogP contribution in [-0.4, -0.2) is 0 Å². The Balaban J connectivity index is 0.00000240. The molecule has 0 aliphatic heterocycles. The van der Waals surface area contributed by atoms with Crippen LogP contribution < -0.4 is 32.9 Å². The van der Waals surface area contributed by atoms with E-state index in [9.17, 15) is 8.78 Å². The molecule has 0 nitrogen and oxygen atoms in total. The van der Waals surface area contributed by atoms with Crippen LogP contribution in [0.15, 0.2) is 109 Å². The summed E-state index contributed by atoms with van der Waals surface area (Å²) in [6, 6.07) is 34.4. The molecule has 146 valence electrons. The second-order valence-corrected chi connectivity index (χ2v) is 10.2. The summed E-state index contributed by atoms with van der Waals surface area (Å²) in [5.74, 6) is -0.780. The number of hydrogen-bond acceptors (Lipinski definition) is 0. The molecule has 0 fully saturated rings. The molecule has 0 spiro atoms. The highest BCUT2D eigenvalue weighted by molar-refractivity contribution is 7.95. The van der Waals surface area contributed by atoms with Gasteiger partial charge < -0.3 is 17.0 Å². The van der Waals surface area contributed by atoms with Gasteiger partial charge in [0.1, 0.15) is 41.0 Å². The predicted molar refractivity (Wildman–Crippen MR) is 115 cm³/mol. The van der Waals surface area contributed by atoms with Crippen molar-refractivity contribution in [3.63, 3.8) is 0 Å². The third-order valence-corrected chi connectivity index (χ3v) is 9.36. The summed E-state index contributed by atoms with van der Waals surface area (Å²) < 4.78 is 28.7. The van der Waals surface area contributed by atoms with Crippen LogP contribution >= 0.6 is 7.26 Å². The summed E-state index contributed by atoms with van der Waals surface area (Å²) in [4.78, 5) is 0. The first-order valence-electron chi connectivity index (χ1n) is 9.19. The highest BCUT2D eigenvalue weighted by Gasteiger charge is 2.45. The first kappa shape index (κ1) is 21.4. The Labute approximate surface area is 181 Å². The van der Waals surface area contributed by atoms with Crippen molar-refractivity contribution in [3.05, 3.63) is 126 Å². The normalized spacial score (nSPS) is 11.0. The molecule has 0 aromatic heterocycles. The molecule has 0 aliphatic carbocycles. The van der Waals surface area contributed by atoms with Crippen LogP contribution in [0.25, 0.3) is 0 Å². The van der Waals surface area contributed by atoms with Gasteiger partial charge in [-0.05, 0) is 54.6 Å². The average Bonchev–Trinajstić information content (AvgIpc) is 2.76. The van der Waals surface area contributed by atoms with E-state index in [2.05, 4.69) is 36.4 Å². The van der Waals surface area contributed by atoms with E-state index in [1.54, 1.807) is 0 Å². The van der Waals surface area contributed by atoms with Crippen molar-refractivity contribution in [2.45, 2.75) is 6.16 Å². The van der Waals surface area contributed by atoms with Crippen molar-refractivity contribution in [2.75, 3.05) is 0 Å². The van der Waals surface area contributed by atoms with E-state index in [4.69, 9.17) is 0 Å². The topological polar surface area (TPSA) is 0 Å². The summed E-state index contributed by atoms with van der Waals surface area (Å²) in [7, 11) is -2.23. The van der Waals surface area contributed by atoms with Gasteiger partial charge in [-0.3, -0.25) is 0 Å². The van der Waals surface area contributed by atoms with Crippen molar-refractivity contribution in [1.29, 1.82) is 0 Å². The Morgan fingerprint density at radius 1 is 0.552 bits per heavy atom. The highest BCUT2D eigenvalue weighted by Crippen LogP contribution is 2.58. The molecule has 0 radical (unpaired) electrons. The Hall–Kier alpha value is -2.35. The van der Waals surface area contributed by atoms with E-state index in [1.165, 1.54) is 18.2 Å². The Kier molecular flexibility index (Phi) is 6.95. The van der Waals surface area contributed by atoms with E-state index < -0.39 is 13.1 Å². The molecule has 0 aliphatic rings. The van der Waals surface area contributed by atoms with Crippen molar-refractivity contribution < 1.29 is 25.8 Å². The molecule has 0 saturated carbocycles. The van der Waals surface area contributed by atoms with Crippen molar-refractivity contribution in [2.24, 2.45) is 0 Å². The molecule has 0 unspecified atom stereocenters. The van der Waals surface area contributed by atoms with E-state index in [-0.39, 0.29) is 22.8 Å². The zero-order valence-electron chi connectivity index (χ0n) is 15.7. The summed E-state index contributed by atoms with van der Waals surface area (Å²) >= 11 is 0. The van der Waals surface area contributed by atoms with E-state index in [0.717, 1.165) is 15.9 Å². The third kappa shape index (κ3) is 4.32. The highest BCUT2D eigenvalue weighted by atomic mass is 79.9. The fourth-order valence-electron chi connectivity index (χ4n) is 3.69. The lowest BCUT2D eigenvalue weighted by atomic mass is 10.2. The second-order valence-electron chi connectivity index (χ2n) is 6.71. The third-order valence-electron chi connectivity index (χ3n) is 5.01. The van der Waals surface area contributed by atoms with Gasteiger partial charge in [-0.25, -0.2) is 8.78 Å². The summed E-state index contributed by atoms with van der Waals surface area (Å²) in [5.41, 5.74) is 0.407. The average molecular weight is 469 g/mol. The van der Waals surface area contributed by atoms with Gasteiger partial charge in [0.15, 0.2) is 0 Å². The van der Waals surface area contributed by atoms with Gasteiger partial charge in [0, 0.05) is 5.56 Å². The number of hydrogen-bond donors (Lipinski definition) is 0. The van der Waals surface area contributed by atoms with Crippen molar-refractivity contribution >= 4 is 23.2 Å². The van der Waals surface area contributed by atoms with Crippen LogP contribution in [0.1, 0.15) is 5.56 Å². The molecule has 4 heteroatoms. The molecule has 0 atom stereocenters. The predicted octanol–water partition coefficient (Wildman–Crippen LogP) is 2.46. The van der Waals surface area contributed by atoms with Crippen molar-refractivity contribution in [3.8, 4) is 0 Å². The zero-order valence-corrected chi connectivity index (χ0v) is 18.2. The molecule has 0 heterocycles. The Morgan fingerprint density at radius 2 is 0.966 bits per heavy atom. The molecule has 0 amide bonds. The van der Waals surface area contributed by atoms with Crippen molar-refractivity contribution in [1.82, 2.24) is 0 Å². The lowest BCUT2D eigenvalue weighted by molar-refractivity contribution is -0.00000661. The molecule has 29 heavy (non-hydrogen) atoms. The Morgan fingerprint density at radius 3 is 1.38 bits per heavy atom. The zero-order chi connectivity index (χ0) is 19.4. The maximum atomic E-state index is 14.7. The van der Waals surface area contributed by atoms with Crippen LogP contribution in [0.3, 0.4) is 0 Å². The lowest BCUT2D eigenvalue weighted by Crippen LogP contribution is -3.00.